The lowest BCUT2D eigenvalue weighted by atomic mass is 10.1. The molecular formula is C20H28N6O2. The van der Waals surface area contributed by atoms with Gasteiger partial charge < -0.3 is 19.6 Å². The maximum atomic E-state index is 12.3. The summed E-state index contributed by atoms with van der Waals surface area (Å²) in [5.41, 5.74) is 4.18. The number of rotatable bonds is 6. The lowest BCUT2D eigenvalue weighted by Gasteiger charge is -2.22. The Hall–Kier alpha value is -2.48. The Bertz CT molecular complexity index is 874. The molecule has 1 saturated carbocycles. The predicted octanol–water partition coefficient (Wildman–Crippen LogP) is 2.03. The van der Waals surface area contributed by atoms with E-state index in [1.807, 2.05) is 13.8 Å². The molecule has 4 rings (SSSR count). The summed E-state index contributed by atoms with van der Waals surface area (Å²) in [6.45, 7) is 6.50. The van der Waals surface area contributed by atoms with E-state index in [0.29, 0.717) is 12.0 Å². The summed E-state index contributed by atoms with van der Waals surface area (Å²) in [4.78, 5) is 25.1. The van der Waals surface area contributed by atoms with Gasteiger partial charge in [0.05, 0.1) is 5.69 Å². The Morgan fingerprint density at radius 3 is 2.79 bits per heavy atom. The number of aryl methyl sites for hydroxylation is 1. The minimum Gasteiger partial charge on any atom is -0.364 e. The van der Waals surface area contributed by atoms with Crippen molar-refractivity contribution in [2.45, 2.75) is 51.6 Å². The lowest BCUT2D eigenvalue weighted by Crippen LogP contribution is -2.33. The van der Waals surface area contributed by atoms with Crippen molar-refractivity contribution in [3.05, 3.63) is 34.6 Å². The highest BCUT2D eigenvalue weighted by atomic mass is 16.5. The number of aromatic nitrogens is 3. The second-order valence-corrected chi connectivity index (χ2v) is 8.09. The number of amides is 1. The van der Waals surface area contributed by atoms with Crippen molar-refractivity contribution in [3.8, 4) is 0 Å². The number of nitrogens with one attached hydrogen (secondary N) is 1. The number of hydrogen-bond donors (Lipinski definition) is 1. The standard InChI is InChI=1S/C20H28N6O2/c1-12-13(2)22-18(20(27)25(3)4)23-19(12)26-8-7-16(10-26)21-9-15-11-28-24-17(15)14-5-6-14/h11,14,16,21H,5-10H2,1-4H3/t16-/m1/s1. The van der Waals surface area contributed by atoms with Gasteiger partial charge in [-0.1, -0.05) is 5.16 Å². The molecule has 2 aromatic heterocycles. The van der Waals surface area contributed by atoms with E-state index in [-0.39, 0.29) is 11.7 Å². The molecule has 8 heteroatoms. The topological polar surface area (TPSA) is 87.4 Å². The van der Waals surface area contributed by atoms with Crippen LogP contribution in [0.25, 0.3) is 0 Å². The summed E-state index contributed by atoms with van der Waals surface area (Å²) in [7, 11) is 3.44. The molecule has 0 radical (unpaired) electrons. The molecule has 8 nitrogen and oxygen atoms in total. The van der Waals surface area contributed by atoms with Gasteiger partial charge in [-0.25, -0.2) is 9.97 Å². The Balaban J connectivity index is 1.43. The molecule has 1 N–H and O–H groups in total. The third kappa shape index (κ3) is 3.73. The van der Waals surface area contributed by atoms with Crippen LogP contribution in [0.3, 0.4) is 0 Å². The molecule has 0 bridgehead atoms. The maximum Gasteiger partial charge on any atom is 0.291 e. The summed E-state index contributed by atoms with van der Waals surface area (Å²) in [6.07, 6.45) is 5.24. The Morgan fingerprint density at radius 2 is 2.07 bits per heavy atom. The number of nitrogens with zero attached hydrogens (tertiary/aromatic N) is 5. The molecule has 3 heterocycles. The van der Waals surface area contributed by atoms with Gasteiger partial charge >= 0.3 is 0 Å². The number of anilines is 1. The molecule has 150 valence electrons. The Kier molecular flexibility index (Phi) is 5.05. The van der Waals surface area contributed by atoms with Crippen molar-refractivity contribution in [1.29, 1.82) is 0 Å². The minimum atomic E-state index is -0.168. The van der Waals surface area contributed by atoms with Gasteiger partial charge in [0.1, 0.15) is 12.1 Å². The van der Waals surface area contributed by atoms with Gasteiger partial charge in [-0.2, -0.15) is 0 Å². The molecule has 2 fully saturated rings. The van der Waals surface area contributed by atoms with E-state index in [9.17, 15) is 4.79 Å². The van der Waals surface area contributed by atoms with Crippen LogP contribution in [0, 0.1) is 13.8 Å². The third-order valence-electron chi connectivity index (χ3n) is 5.67. The summed E-state index contributed by atoms with van der Waals surface area (Å²) in [6, 6.07) is 0.365. The van der Waals surface area contributed by atoms with Crippen molar-refractivity contribution in [2.24, 2.45) is 0 Å². The highest BCUT2D eigenvalue weighted by Gasteiger charge is 2.30. The van der Waals surface area contributed by atoms with Crippen molar-refractivity contribution < 1.29 is 9.32 Å². The quantitative estimate of drug-likeness (QED) is 0.815. The molecule has 1 aliphatic heterocycles. The Morgan fingerprint density at radius 1 is 1.29 bits per heavy atom. The van der Waals surface area contributed by atoms with Crippen LogP contribution < -0.4 is 10.2 Å². The number of hydrogen-bond acceptors (Lipinski definition) is 7. The zero-order valence-corrected chi connectivity index (χ0v) is 17.0. The van der Waals surface area contributed by atoms with E-state index in [1.54, 1.807) is 20.4 Å². The smallest absolute Gasteiger partial charge is 0.291 e. The van der Waals surface area contributed by atoms with Gasteiger partial charge in [-0.3, -0.25) is 4.79 Å². The molecule has 1 amide bonds. The van der Waals surface area contributed by atoms with Crippen LogP contribution in [-0.4, -0.2) is 59.2 Å². The number of carbonyl (C=O) groups is 1. The first kappa shape index (κ1) is 18.9. The number of carbonyl (C=O) groups excluding carboxylic acids is 1. The zero-order valence-electron chi connectivity index (χ0n) is 17.0. The minimum absolute atomic E-state index is 0.168. The molecule has 28 heavy (non-hydrogen) atoms. The van der Waals surface area contributed by atoms with Gasteiger partial charge in [0.25, 0.3) is 5.91 Å². The van der Waals surface area contributed by atoms with Crippen LogP contribution in [0.4, 0.5) is 5.82 Å². The van der Waals surface area contributed by atoms with E-state index in [2.05, 4.69) is 25.3 Å². The molecule has 0 unspecified atom stereocenters. The first-order chi connectivity index (χ1) is 13.4. The fourth-order valence-electron chi connectivity index (χ4n) is 3.68. The van der Waals surface area contributed by atoms with Crippen molar-refractivity contribution in [3.63, 3.8) is 0 Å². The van der Waals surface area contributed by atoms with E-state index < -0.39 is 0 Å². The summed E-state index contributed by atoms with van der Waals surface area (Å²) < 4.78 is 5.18. The normalized spacial score (nSPS) is 19.3. The van der Waals surface area contributed by atoms with Gasteiger partial charge in [0, 0.05) is 62.5 Å². The average molecular weight is 384 g/mol. The van der Waals surface area contributed by atoms with Crippen LogP contribution in [-0.2, 0) is 6.54 Å². The summed E-state index contributed by atoms with van der Waals surface area (Å²) in [5, 5.41) is 7.81. The van der Waals surface area contributed by atoms with Crippen LogP contribution in [0.2, 0.25) is 0 Å². The van der Waals surface area contributed by atoms with Crippen LogP contribution in [0.15, 0.2) is 10.8 Å². The SMILES string of the molecule is Cc1nc(C(=O)N(C)C)nc(N2CC[C@@H](NCc3conc3C3CC3)C2)c1C. The molecule has 2 aliphatic rings. The maximum absolute atomic E-state index is 12.3. The molecule has 0 spiro atoms. The van der Waals surface area contributed by atoms with E-state index in [0.717, 1.165) is 48.8 Å². The van der Waals surface area contributed by atoms with Crippen molar-refractivity contribution in [1.82, 2.24) is 25.3 Å². The highest BCUT2D eigenvalue weighted by molar-refractivity contribution is 5.90. The van der Waals surface area contributed by atoms with E-state index in [1.165, 1.54) is 23.3 Å². The fraction of sp³-hybridized carbons (Fsp3) is 0.600. The van der Waals surface area contributed by atoms with E-state index >= 15 is 0 Å². The van der Waals surface area contributed by atoms with E-state index in [4.69, 9.17) is 4.52 Å². The van der Waals surface area contributed by atoms with Gasteiger partial charge in [0.15, 0.2) is 0 Å². The second kappa shape index (κ2) is 7.50. The third-order valence-corrected chi connectivity index (χ3v) is 5.67. The highest BCUT2D eigenvalue weighted by Crippen LogP contribution is 2.40. The molecule has 1 atom stereocenters. The summed E-state index contributed by atoms with van der Waals surface area (Å²) in [5.74, 6) is 1.55. The molecular weight excluding hydrogens is 356 g/mol. The lowest BCUT2D eigenvalue weighted by molar-refractivity contribution is 0.0815. The fourth-order valence-corrected chi connectivity index (χ4v) is 3.68. The first-order valence-electron chi connectivity index (χ1n) is 9.92. The first-order valence-corrected chi connectivity index (χ1v) is 9.92. The molecule has 0 aromatic carbocycles. The predicted molar refractivity (Wildman–Crippen MR) is 105 cm³/mol. The molecule has 2 aromatic rings. The van der Waals surface area contributed by atoms with Gasteiger partial charge in [0.2, 0.25) is 5.82 Å². The molecule has 1 saturated heterocycles. The monoisotopic (exact) mass is 384 g/mol. The second-order valence-electron chi connectivity index (χ2n) is 8.09. The van der Waals surface area contributed by atoms with Crippen LogP contribution in [0.5, 0.6) is 0 Å². The summed E-state index contributed by atoms with van der Waals surface area (Å²) >= 11 is 0. The van der Waals surface area contributed by atoms with Crippen molar-refractivity contribution >= 4 is 11.7 Å². The average Bonchev–Trinajstić information content (AvgIpc) is 3.22. The zero-order chi connectivity index (χ0) is 19.8. The van der Waals surface area contributed by atoms with Gasteiger partial charge in [-0.15, -0.1) is 0 Å². The Labute approximate surface area is 165 Å². The van der Waals surface area contributed by atoms with Crippen LogP contribution in [0.1, 0.15) is 58.3 Å². The van der Waals surface area contributed by atoms with Gasteiger partial charge in [-0.05, 0) is 33.1 Å². The van der Waals surface area contributed by atoms with Crippen LogP contribution >= 0.6 is 0 Å². The van der Waals surface area contributed by atoms with Crippen molar-refractivity contribution in [2.75, 3.05) is 32.1 Å². The largest absolute Gasteiger partial charge is 0.364 e. The molecule has 1 aliphatic carbocycles.